The Kier molecular flexibility index (Phi) is 7.86. The van der Waals surface area contributed by atoms with Crippen molar-refractivity contribution >= 4 is 29.4 Å². The van der Waals surface area contributed by atoms with Gasteiger partial charge >= 0.3 is 5.97 Å². The molecule has 1 unspecified atom stereocenters. The highest BCUT2D eigenvalue weighted by Crippen LogP contribution is 2.10. The highest BCUT2D eigenvalue weighted by Gasteiger charge is 2.21. The van der Waals surface area contributed by atoms with Crippen molar-refractivity contribution in [3.8, 4) is 0 Å². The SMILES string of the molecule is CC(=O)C(NC(=O)CSCC(=O)OC(C)(C)C)C(C)C. The average Bonchev–Trinajstić information content (AvgIpc) is 2.22. The van der Waals surface area contributed by atoms with Gasteiger partial charge < -0.3 is 10.1 Å². The molecule has 116 valence electrons. The average molecular weight is 303 g/mol. The molecule has 0 aromatic rings. The van der Waals surface area contributed by atoms with Crippen molar-refractivity contribution in [2.75, 3.05) is 11.5 Å². The van der Waals surface area contributed by atoms with E-state index >= 15 is 0 Å². The molecule has 0 saturated carbocycles. The third-order valence-corrected chi connectivity index (χ3v) is 3.20. The lowest BCUT2D eigenvalue weighted by molar-refractivity contribution is -0.151. The van der Waals surface area contributed by atoms with Gasteiger partial charge in [0.05, 0.1) is 17.5 Å². The Morgan fingerprint density at radius 1 is 1.15 bits per heavy atom. The van der Waals surface area contributed by atoms with E-state index in [0.717, 1.165) is 0 Å². The van der Waals surface area contributed by atoms with Crippen LogP contribution in [-0.2, 0) is 19.1 Å². The molecule has 1 N–H and O–H groups in total. The molecule has 0 aliphatic heterocycles. The molecule has 0 heterocycles. The van der Waals surface area contributed by atoms with Crippen molar-refractivity contribution in [2.24, 2.45) is 5.92 Å². The normalized spacial score (nSPS) is 12.9. The lowest BCUT2D eigenvalue weighted by atomic mass is 10.0. The van der Waals surface area contributed by atoms with Gasteiger partial charge in [-0.3, -0.25) is 14.4 Å². The molecule has 1 amide bonds. The molecule has 0 radical (unpaired) electrons. The molecule has 0 aromatic carbocycles. The molecule has 0 aliphatic rings. The van der Waals surface area contributed by atoms with Crippen LogP contribution in [0, 0.1) is 5.92 Å². The van der Waals surface area contributed by atoms with Gasteiger partial charge in [0.1, 0.15) is 5.60 Å². The minimum atomic E-state index is -0.517. The van der Waals surface area contributed by atoms with Gasteiger partial charge in [0.15, 0.2) is 5.78 Å². The predicted octanol–water partition coefficient (Wildman–Crippen LogP) is 1.79. The van der Waals surface area contributed by atoms with Crippen LogP contribution in [0.5, 0.6) is 0 Å². The number of nitrogens with one attached hydrogen (secondary N) is 1. The van der Waals surface area contributed by atoms with Crippen LogP contribution >= 0.6 is 11.8 Å². The van der Waals surface area contributed by atoms with E-state index in [1.807, 2.05) is 13.8 Å². The van der Waals surface area contributed by atoms with Gasteiger partial charge in [0.2, 0.25) is 5.91 Å². The third-order valence-electron chi connectivity index (χ3n) is 2.29. The molecule has 0 fully saturated rings. The number of carbonyl (C=O) groups excluding carboxylic acids is 3. The minimum absolute atomic E-state index is 0.0484. The fourth-order valence-electron chi connectivity index (χ4n) is 1.55. The Balaban J connectivity index is 4.06. The summed E-state index contributed by atoms with van der Waals surface area (Å²) < 4.78 is 5.13. The van der Waals surface area contributed by atoms with Crippen LogP contribution in [-0.4, -0.2) is 40.8 Å². The van der Waals surface area contributed by atoms with Crippen molar-refractivity contribution in [1.82, 2.24) is 5.32 Å². The Morgan fingerprint density at radius 2 is 1.70 bits per heavy atom. The quantitative estimate of drug-likeness (QED) is 0.726. The van der Waals surface area contributed by atoms with Crippen molar-refractivity contribution in [2.45, 2.75) is 53.2 Å². The number of ether oxygens (including phenoxy) is 1. The number of ketones is 1. The van der Waals surface area contributed by atoms with Crippen LogP contribution in [0.1, 0.15) is 41.5 Å². The van der Waals surface area contributed by atoms with E-state index in [2.05, 4.69) is 5.32 Å². The van der Waals surface area contributed by atoms with E-state index in [-0.39, 0.29) is 35.1 Å². The van der Waals surface area contributed by atoms with Crippen LogP contribution in [0.15, 0.2) is 0 Å². The van der Waals surface area contributed by atoms with Crippen molar-refractivity contribution in [3.63, 3.8) is 0 Å². The van der Waals surface area contributed by atoms with E-state index in [1.54, 1.807) is 20.8 Å². The molecule has 0 spiro atoms. The number of Topliss-reactive ketones (excluding diaryl/α,β-unsaturated/α-hetero) is 1. The standard InChI is InChI=1S/C14H25NO4S/c1-9(2)13(10(3)16)15-11(17)7-20-8-12(18)19-14(4,5)6/h9,13H,7-8H2,1-6H3,(H,15,17). The summed E-state index contributed by atoms with van der Waals surface area (Å²) >= 11 is 1.18. The maximum atomic E-state index is 11.7. The summed E-state index contributed by atoms with van der Waals surface area (Å²) in [5, 5.41) is 2.68. The van der Waals surface area contributed by atoms with Gasteiger partial charge in [-0.2, -0.15) is 0 Å². The molecule has 0 bridgehead atoms. The number of esters is 1. The number of amides is 1. The zero-order valence-electron chi connectivity index (χ0n) is 13.1. The van der Waals surface area contributed by atoms with Gasteiger partial charge in [-0.15, -0.1) is 11.8 Å². The minimum Gasteiger partial charge on any atom is -0.459 e. The second kappa shape index (κ2) is 8.29. The summed E-state index contributed by atoms with van der Waals surface area (Å²) in [4.78, 5) is 34.5. The zero-order chi connectivity index (χ0) is 15.9. The summed E-state index contributed by atoms with van der Waals surface area (Å²) in [5.74, 6) is -0.347. The fourth-order valence-corrected chi connectivity index (χ4v) is 2.15. The molecule has 6 heteroatoms. The molecule has 1 atom stereocenters. The first-order valence-corrected chi connectivity index (χ1v) is 7.78. The molecule has 0 rings (SSSR count). The molecule has 0 aromatic heterocycles. The first-order valence-electron chi connectivity index (χ1n) is 6.62. The first kappa shape index (κ1) is 19.0. The summed E-state index contributed by atoms with van der Waals surface area (Å²) in [6.07, 6.45) is 0. The Labute approximate surface area is 125 Å². The highest BCUT2D eigenvalue weighted by atomic mass is 32.2. The second-order valence-electron chi connectivity index (χ2n) is 5.98. The van der Waals surface area contributed by atoms with Crippen LogP contribution in [0.3, 0.4) is 0 Å². The summed E-state index contributed by atoms with van der Waals surface area (Å²) in [5.41, 5.74) is -0.517. The summed E-state index contributed by atoms with van der Waals surface area (Å²) in [6.45, 7) is 10.6. The van der Waals surface area contributed by atoms with E-state index < -0.39 is 11.6 Å². The third kappa shape index (κ3) is 8.96. The zero-order valence-corrected chi connectivity index (χ0v) is 13.9. The van der Waals surface area contributed by atoms with Gasteiger partial charge in [-0.1, -0.05) is 13.8 Å². The Morgan fingerprint density at radius 3 is 2.10 bits per heavy atom. The van der Waals surface area contributed by atoms with Gasteiger partial charge in [0.25, 0.3) is 0 Å². The lowest BCUT2D eigenvalue weighted by Crippen LogP contribution is -2.44. The number of carbonyl (C=O) groups is 3. The molecular weight excluding hydrogens is 278 g/mol. The second-order valence-corrected chi connectivity index (χ2v) is 6.96. The largest absolute Gasteiger partial charge is 0.459 e. The number of thioether (sulfide) groups is 1. The van der Waals surface area contributed by atoms with E-state index in [0.29, 0.717) is 0 Å². The number of rotatable bonds is 7. The van der Waals surface area contributed by atoms with Gasteiger partial charge in [-0.05, 0) is 33.6 Å². The maximum absolute atomic E-state index is 11.7. The number of hydrogen-bond acceptors (Lipinski definition) is 5. The van der Waals surface area contributed by atoms with Crippen LogP contribution < -0.4 is 5.32 Å². The summed E-state index contributed by atoms with van der Waals surface area (Å²) in [6, 6.07) is -0.468. The van der Waals surface area contributed by atoms with E-state index in [9.17, 15) is 14.4 Å². The maximum Gasteiger partial charge on any atom is 0.316 e. The first-order chi connectivity index (χ1) is 9.03. The predicted molar refractivity (Wildman–Crippen MR) is 80.6 cm³/mol. The Bertz CT molecular complexity index is 361. The van der Waals surface area contributed by atoms with Gasteiger partial charge in [0, 0.05) is 0 Å². The van der Waals surface area contributed by atoms with E-state index in [4.69, 9.17) is 4.74 Å². The molecule has 0 saturated heterocycles. The molecular formula is C14H25NO4S. The van der Waals surface area contributed by atoms with Crippen LogP contribution in [0.25, 0.3) is 0 Å². The summed E-state index contributed by atoms with van der Waals surface area (Å²) in [7, 11) is 0. The topological polar surface area (TPSA) is 72.5 Å². The van der Waals surface area contributed by atoms with Crippen molar-refractivity contribution in [1.29, 1.82) is 0 Å². The smallest absolute Gasteiger partial charge is 0.316 e. The van der Waals surface area contributed by atoms with Crippen LogP contribution in [0.4, 0.5) is 0 Å². The van der Waals surface area contributed by atoms with E-state index in [1.165, 1.54) is 18.7 Å². The van der Waals surface area contributed by atoms with Crippen molar-refractivity contribution in [3.05, 3.63) is 0 Å². The van der Waals surface area contributed by atoms with Crippen molar-refractivity contribution < 1.29 is 19.1 Å². The van der Waals surface area contributed by atoms with Gasteiger partial charge in [-0.25, -0.2) is 0 Å². The van der Waals surface area contributed by atoms with Crippen LogP contribution in [0.2, 0.25) is 0 Å². The Hall–Kier alpha value is -1.04. The number of hydrogen-bond donors (Lipinski definition) is 1. The molecule has 0 aliphatic carbocycles. The monoisotopic (exact) mass is 303 g/mol. The lowest BCUT2D eigenvalue weighted by Gasteiger charge is -2.20. The fraction of sp³-hybridized carbons (Fsp3) is 0.786. The highest BCUT2D eigenvalue weighted by molar-refractivity contribution is 8.00. The molecule has 20 heavy (non-hydrogen) atoms. The molecule has 5 nitrogen and oxygen atoms in total.